The van der Waals surface area contributed by atoms with Gasteiger partial charge in [0.15, 0.2) is 0 Å². The van der Waals surface area contributed by atoms with E-state index in [4.69, 9.17) is 4.74 Å². The highest BCUT2D eigenvalue weighted by Gasteiger charge is 2.09. The number of hydrogen-bond donors (Lipinski definition) is 1. The van der Waals surface area contributed by atoms with Crippen molar-refractivity contribution in [1.29, 1.82) is 0 Å². The molecule has 1 amide bonds. The molecule has 0 fully saturated rings. The molecule has 0 heterocycles. The molecule has 0 atom stereocenters. The second-order valence-corrected chi connectivity index (χ2v) is 5.89. The molecule has 0 aliphatic heterocycles. The van der Waals surface area contributed by atoms with Crippen molar-refractivity contribution in [2.24, 2.45) is 0 Å². The maximum absolute atomic E-state index is 12.1. The Kier molecular flexibility index (Phi) is 6.21. The van der Waals surface area contributed by atoms with Crippen LogP contribution in [0, 0.1) is 0 Å². The summed E-state index contributed by atoms with van der Waals surface area (Å²) in [4.78, 5) is 12.1. The highest BCUT2D eigenvalue weighted by atomic mass is 16.5. The maximum Gasteiger partial charge on any atom is 0.227 e. The topological polar surface area (TPSA) is 38.3 Å². The number of benzene rings is 2. The molecule has 0 unspecified atom stereocenters. The molecule has 23 heavy (non-hydrogen) atoms. The van der Waals surface area contributed by atoms with Crippen molar-refractivity contribution in [3.63, 3.8) is 0 Å². The first-order valence-electron chi connectivity index (χ1n) is 8.20. The fraction of sp³-hybridized carbons (Fsp3) is 0.350. The lowest BCUT2D eigenvalue weighted by molar-refractivity contribution is -0.116. The smallest absolute Gasteiger partial charge is 0.227 e. The first-order valence-corrected chi connectivity index (χ1v) is 8.20. The van der Waals surface area contributed by atoms with Gasteiger partial charge in [-0.15, -0.1) is 0 Å². The van der Waals surface area contributed by atoms with Crippen LogP contribution >= 0.6 is 0 Å². The van der Waals surface area contributed by atoms with Crippen molar-refractivity contribution >= 4 is 11.6 Å². The molecule has 2 aromatic rings. The SMILES string of the molecule is CCc1ccc(OCCC(=O)Nc2ccccc2C(C)C)cc1. The zero-order valence-electron chi connectivity index (χ0n) is 14.1. The summed E-state index contributed by atoms with van der Waals surface area (Å²) in [6, 6.07) is 15.9. The summed E-state index contributed by atoms with van der Waals surface area (Å²) in [6.07, 6.45) is 1.35. The van der Waals surface area contributed by atoms with E-state index in [0.717, 1.165) is 23.4 Å². The van der Waals surface area contributed by atoms with Crippen molar-refractivity contribution in [2.75, 3.05) is 11.9 Å². The molecule has 0 aromatic heterocycles. The Balaban J connectivity index is 1.83. The Morgan fingerprint density at radius 3 is 2.43 bits per heavy atom. The summed E-state index contributed by atoms with van der Waals surface area (Å²) in [5.41, 5.74) is 3.32. The fourth-order valence-electron chi connectivity index (χ4n) is 2.41. The minimum absolute atomic E-state index is 0.0247. The molecule has 0 saturated carbocycles. The molecule has 0 saturated heterocycles. The number of rotatable bonds is 7. The second-order valence-electron chi connectivity index (χ2n) is 5.89. The molecule has 122 valence electrons. The van der Waals surface area contributed by atoms with Crippen LogP contribution in [0.3, 0.4) is 0 Å². The number of aryl methyl sites for hydroxylation is 1. The summed E-state index contributed by atoms with van der Waals surface area (Å²) in [7, 11) is 0. The third kappa shape index (κ3) is 5.13. The third-order valence-corrected chi connectivity index (χ3v) is 3.79. The van der Waals surface area contributed by atoms with Crippen LogP contribution in [0.15, 0.2) is 48.5 Å². The molecule has 0 radical (unpaired) electrons. The molecule has 0 aliphatic rings. The lowest BCUT2D eigenvalue weighted by atomic mass is 10.0. The summed E-state index contributed by atoms with van der Waals surface area (Å²) < 4.78 is 5.63. The predicted molar refractivity (Wildman–Crippen MR) is 95.1 cm³/mol. The molecular weight excluding hydrogens is 286 g/mol. The second kappa shape index (κ2) is 8.37. The van der Waals surface area contributed by atoms with E-state index in [2.05, 4.69) is 26.1 Å². The fourth-order valence-corrected chi connectivity index (χ4v) is 2.41. The number of amides is 1. The van der Waals surface area contributed by atoms with E-state index in [1.54, 1.807) is 0 Å². The van der Waals surface area contributed by atoms with E-state index in [0.29, 0.717) is 18.9 Å². The minimum Gasteiger partial charge on any atom is -0.493 e. The molecular formula is C20H25NO2. The lowest BCUT2D eigenvalue weighted by Crippen LogP contribution is -2.16. The lowest BCUT2D eigenvalue weighted by Gasteiger charge is -2.13. The van der Waals surface area contributed by atoms with Crippen LogP contribution in [0.4, 0.5) is 5.69 Å². The average Bonchev–Trinajstić information content (AvgIpc) is 2.56. The van der Waals surface area contributed by atoms with Gasteiger partial charge in [0.2, 0.25) is 5.91 Å². The quantitative estimate of drug-likeness (QED) is 0.799. The van der Waals surface area contributed by atoms with Gasteiger partial charge in [0.25, 0.3) is 0 Å². The minimum atomic E-state index is -0.0247. The Morgan fingerprint density at radius 1 is 1.09 bits per heavy atom. The standard InChI is InChI=1S/C20H25NO2/c1-4-16-9-11-17(12-10-16)23-14-13-20(22)21-19-8-6-5-7-18(19)15(2)3/h5-12,15H,4,13-14H2,1-3H3,(H,21,22). The van der Waals surface area contributed by atoms with Crippen LogP contribution in [-0.2, 0) is 11.2 Å². The van der Waals surface area contributed by atoms with Crippen LogP contribution in [0.5, 0.6) is 5.75 Å². The van der Waals surface area contributed by atoms with Gasteiger partial charge in [0.1, 0.15) is 5.75 Å². The number of ether oxygens (including phenoxy) is 1. The monoisotopic (exact) mass is 311 g/mol. The molecule has 1 N–H and O–H groups in total. The molecule has 0 spiro atoms. The summed E-state index contributed by atoms with van der Waals surface area (Å²) >= 11 is 0. The first-order chi connectivity index (χ1) is 11.1. The normalized spacial score (nSPS) is 10.6. The van der Waals surface area contributed by atoms with Crippen LogP contribution in [0.1, 0.15) is 44.2 Å². The average molecular weight is 311 g/mol. The number of hydrogen-bond acceptors (Lipinski definition) is 2. The molecule has 0 aliphatic carbocycles. The van der Waals surface area contributed by atoms with Crippen molar-refractivity contribution in [1.82, 2.24) is 0 Å². The van der Waals surface area contributed by atoms with E-state index in [1.165, 1.54) is 5.56 Å². The van der Waals surface area contributed by atoms with Gasteiger partial charge in [0.05, 0.1) is 13.0 Å². The number of carbonyl (C=O) groups is 1. The molecule has 2 aromatic carbocycles. The Morgan fingerprint density at radius 2 is 1.78 bits per heavy atom. The van der Waals surface area contributed by atoms with E-state index >= 15 is 0 Å². The van der Waals surface area contributed by atoms with Gasteiger partial charge in [0, 0.05) is 5.69 Å². The van der Waals surface area contributed by atoms with E-state index < -0.39 is 0 Å². The Bertz CT molecular complexity index is 632. The Labute approximate surface area is 138 Å². The zero-order valence-corrected chi connectivity index (χ0v) is 14.1. The molecule has 0 bridgehead atoms. The van der Waals surface area contributed by atoms with Crippen LogP contribution in [0.2, 0.25) is 0 Å². The highest BCUT2D eigenvalue weighted by molar-refractivity contribution is 5.91. The number of nitrogens with one attached hydrogen (secondary N) is 1. The number of anilines is 1. The third-order valence-electron chi connectivity index (χ3n) is 3.79. The van der Waals surface area contributed by atoms with Crippen molar-refractivity contribution in [3.05, 3.63) is 59.7 Å². The van der Waals surface area contributed by atoms with Gasteiger partial charge in [-0.2, -0.15) is 0 Å². The highest BCUT2D eigenvalue weighted by Crippen LogP contribution is 2.23. The van der Waals surface area contributed by atoms with E-state index in [-0.39, 0.29) is 5.91 Å². The van der Waals surface area contributed by atoms with Crippen LogP contribution in [-0.4, -0.2) is 12.5 Å². The summed E-state index contributed by atoms with van der Waals surface area (Å²) in [5.74, 6) is 1.15. The maximum atomic E-state index is 12.1. The number of para-hydroxylation sites is 1. The zero-order chi connectivity index (χ0) is 16.7. The predicted octanol–water partition coefficient (Wildman–Crippen LogP) is 4.78. The largest absolute Gasteiger partial charge is 0.493 e. The molecule has 3 heteroatoms. The van der Waals surface area contributed by atoms with Gasteiger partial charge in [-0.3, -0.25) is 4.79 Å². The van der Waals surface area contributed by atoms with Crippen LogP contribution in [0.25, 0.3) is 0 Å². The van der Waals surface area contributed by atoms with Gasteiger partial charge in [-0.1, -0.05) is 51.1 Å². The van der Waals surface area contributed by atoms with Crippen molar-refractivity contribution in [3.8, 4) is 5.75 Å². The van der Waals surface area contributed by atoms with E-state index in [9.17, 15) is 4.79 Å². The van der Waals surface area contributed by atoms with Gasteiger partial charge < -0.3 is 10.1 Å². The van der Waals surface area contributed by atoms with Crippen molar-refractivity contribution in [2.45, 2.75) is 39.5 Å². The summed E-state index contributed by atoms with van der Waals surface area (Å²) in [6.45, 7) is 6.73. The summed E-state index contributed by atoms with van der Waals surface area (Å²) in [5, 5.41) is 2.98. The van der Waals surface area contributed by atoms with Gasteiger partial charge in [-0.05, 0) is 41.7 Å². The molecule has 3 nitrogen and oxygen atoms in total. The van der Waals surface area contributed by atoms with E-state index in [1.807, 2.05) is 48.5 Å². The molecule has 2 rings (SSSR count). The van der Waals surface area contributed by atoms with Crippen LogP contribution < -0.4 is 10.1 Å². The number of carbonyl (C=O) groups excluding carboxylic acids is 1. The first kappa shape index (κ1) is 17.1. The Hall–Kier alpha value is -2.29. The van der Waals surface area contributed by atoms with Gasteiger partial charge in [-0.25, -0.2) is 0 Å². The van der Waals surface area contributed by atoms with Gasteiger partial charge >= 0.3 is 0 Å². The van der Waals surface area contributed by atoms with Crippen molar-refractivity contribution < 1.29 is 9.53 Å².